The smallest absolute Gasteiger partial charge is 0.184 e. The summed E-state index contributed by atoms with van der Waals surface area (Å²) in [7, 11) is -4.74. The maximum Gasteiger partial charge on any atom is 0.184 e. The van der Waals surface area contributed by atoms with E-state index in [0.29, 0.717) is 23.7 Å². The van der Waals surface area contributed by atoms with E-state index in [-0.39, 0.29) is 5.41 Å². The molecule has 198 valence electrons. The van der Waals surface area contributed by atoms with E-state index >= 15 is 0 Å². The summed E-state index contributed by atoms with van der Waals surface area (Å²) in [6.07, 6.45) is 11.9. The van der Waals surface area contributed by atoms with Gasteiger partial charge in [-0.2, -0.15) is 0 Å². The van der Waals surface area contributed by atoms with Gasteiger partial charge in [-0.1, -0.05) is 13.8 Å². The first-order chi connectivity index (χ1) is 15.4. The highest BCUT2D eigenvalue weighted by Crippen LogP contribution is 2.67. The molecule has 9 atom stereocenters. The lowest BCUT2D eigenvalue weighted by Gasteiger charge is -2.61. The van der Waals surface area contributed by atoms with Gasteiger partial charge >= 0.3 is 0 Å². The molecule has 34 heavy (non-hydrogen) atoms. The van der Waals surface area contributed by atoms with Crippen molar-refractivity contribution in [1.82, 2.24) is 0 Å². The molecule has 3 unspecified atom stereocenters. The Morgan fingerprint density at radius 2 is 1.18 bits per heavy atom. The minimum Gasteiger partial charge on any atom is -0.415 e. The van der Waals surface area contributed by atoms with Crippen molar-refractivity contribution in [3.63, 3.8) is 0 Å². The van der Waals surface area contributed by atoms with Crippen LogP contribution in [-0.2, 0) is 13.3 Å². The molecule has 4 saturated carbocycles. The Hall–Kier alpha value is 0.531. The third kappa shape index (κ3) is 5.52. The highest BCUT2D eigenvalue weighted by molar-refractivity contribution is 6.70. The Bertz CT molecular complexity index is 739. The van der Waals surface area contributed by atoms with Crippen molar-refractivity contribution >= 4 is 25.0 Å². The van der Waals surface area contributed by atoms with Crippen molar-refractivity contribution in [2.45, 2.75) is 142 Å². The predicted octanol–water partition coefficient (Wildman–Crippen LogP) is 8.30. The van der Waals surface area contributed by atoms with Gasteiger partial charge in [0.05, 0.1) is 12.2 Å². The van der Waals surface area contributed by atoms with Crippen molar-refractivity contribution in [3.8, 4) is 0 Å². The molecule has 0 saturated heterocycles. The first-order valence-corrected chi connectivity index (χ1v) is 24.7. The second-order valence-electron chi connectivity index (χ2n) is 16.0. The molecule has 3 nitrogen and oxygen atoms in total. The molecule has 0 aliphatic heterocycles. The summed E-state index contributed by atoms with van der Waals surface area (Å²) >= 11 is 0. The fraction of sp³-hybridized carbons (Fsp3) is 1.00. The van der Waals surface area contributed by atoms with Crippen LogP contribution in [0.1, 0.15) is 65.2 Å². The Labute approximate surface area is 214 Å². The van der Waals surface area contributed by atoms with Crippen molar-refractivity contribution in [1.29, 1.82) is 0 Å². The van der Waals surface area contributed by atoms with Crippen molar-refractivity contribution in [2.75, 3.05) is 0 Å². The van der Waals surface area contributed by atoms with Gasteiger partial charge in [0.2, 0.25) is 0 Å². The number of fused-ring (bicyclic) bond motifs is 5. The van der Waals surface area contributed by atoms with Crippen LogP contribution < -0.4 is 0 Å². The van der Waals surface area contributed by atoms with Gasteiger partial charge in [-0.05, 0) is 145 Å². The van der Waals surface area contributed by atoms with E-state index in [9.17, 15) is 0 Å². The first-order valence-electron chi connectivity index (χ1n) is 14.4. The summed E-state index contributed by atoms with van der Waals surface area (Å²) in [4.78, 5) is 0. The van der Waals surface area contributed by atoms with Gasteiger partial charge in [-0.25, -0.2) is 0 Å². The molecule has 0 heterocycles. The topological polar surface area (TPSA) is 27.7 Å². The van der Waals surface area contributed by atoms with Gasteiger partial charge in [0.1, 0.15) is 0 Å². The minimum atomic E-state index is -1.65. The van der Waals surface area contributed by atoms with Crippen LogP contribution in [0.5, 0.6) is 0 Å². The third-order valence-electron chi connectivity index (χ3n) is 10.0. The Kier molecular flexibility index (Phi) is 7.36. The van der Waals surface area contributed by atoms with Crippen molar-refractivity contribution < 1.29 is 13.3 Å². The summed E-state index contributed by atoms with van der Waals surface area (Å²) in [5.41, 5.74) is 0.795. The molecule has 0 aromatic heterocycles. The molecule has 0 amide bonds. The molecule has 0 aromatic carbocycles. The quantitative estimate of drug-likeness (QED) is 0.327. The number of hydrogen-bond donors (Lipinski definition) is 0. The lowest BCUT2D eigenvalue weighted by Crippen LogP contribution is -2.56. The molecule has 0 spiro atoms. The number of rotatable bonds is 6. The van der Waals surface area contributed by atoms with Crippen LogP contribution in [0.4, 0.5) is 0 Å². The monoisotopic (exact) mass is 524 g/mol. The van der Waals surface area contributed by atoms with Gasteiger partial charge in [0.15, 0.2) is 25.0 Å². The summed E-state index contributed by atoms with van der Waals surface area (Å²) in [5, 5.41) is 0. The lowest BCUT2D eigenvalue weighted by atomic mass is 9.45. The van der Waals surface area contributed by atoms with Crippen molar-refractivity contribution in [3.05, 3.63) is 0 Å². The zero-order valence-corrected chi connectivity index (χ0v) is 27.4. The van der Waals surface area contributed by atoms with E-state index in [1.165, 1.54) is 51.4 Å². The third-order valence-corrected chi connectivity index (χ3v) is 13.0. The summed E-state index contributed by atoms with van der Waals surface area (Å²) in [6, 6.07) is 0. The SMILES string of the molecule is C[C@]12CCC3C(CC[C@@H]4C[C@H](O[Si](C)(C)C)CC[C@]34C)C1C[C@H](O[Si](C)(C)C)[C@@H]2O[Si](C)(C)C. The van der Waals surface area contributed by atoms with Gasteiger partial charge in [0, 0.05) is 6.10 Å². The Morgan fingerprint density at radius 3 is 1.76 bits per heavy atom. The second-order valence-corrected chi connectivity index (χ2v) is 29.4. The predicted molar refractivity (Wildman–Crippen MR) is 152 cm³/mol. The first kappa shape index (κ1) is 27.6. The summed E-state index contributed by atoms with van der Waals surface area (Å²) in [5.74, 6) is 3.37. The van der Waals surface area contributed by atoms with E-state index in [0.717, 1.165) is 23.7 Å². The zero-order valence-electron chi connectivity index (χ0n) is 24.4. The molecular weight excluding hydrogens is 469 g/mol. The van der Waals surface area contributed by atoms with E-state index in [1.54, 1.807) is 0 Å². The van der Waals surface area contributed by atoms with Crippen LogP contribution in [0.2, 0.25) is 58.9 Å². The molecule has 0 radical (unpaired) electrons. The highest BCUT2D eigenvalue weighted by atomic mass is 28.4. The average Bonchev–Trinajstić information content (AvgIpc) is 2.90. The second kappa shape index (κ2) is 9.07. The maximum absolute atomic E-state index is 7.03. The highest BCUT2D eigenvalue weighted by Gasteiger charge is 2.63. The zero-order chi connectivity index (χ0) is 25.3. The molecule has 0 aromatic rings. The lowest BCUT2D eigenvalue weighted by molar-refractivity contribution is -0.131. The van der Waals surface area contributed by atoms with Crippen LogP contribution in [-0.4, -0.2) is 43.3 Å². The van der Waals surface area contributed by atoms with E-state index in [1.807, 2.05) is 0 Å². The summed E-state index contributed by atoms with van der Waals surface area (Å²) < 4.78 is 20.6. The maximum atomic E-state index is 7.03. The van der Waals surface area contributed by atoms with Crippen LogP contribution >= 0.6 is 0 Å². The van der Waals surface area contributed by atoms with Crippen LogP contribution in [0, 0.1) is 34.5 Å². The normalized spacial score (nSPS) is 45.4. The van der Waals surface area contributed by atoms with Gasteiger partial charge < -0.3 is 13.3 Å². The number of hydrogen-bond acceptors (Lipinski definition) is 3. The fourth-order valence-corrected chi connectivity index (χ4v) is 12.4. The molecule has 0 N–H and O–H groups in total. The average molecular weight is 525 g/mol. The van der Waals surface area contributed by atoms with E-state index < -0.39 is 25.0 Å². The van der Waals surface area contributed by atoms with Crippen LogP contribution in [0.25, 0.3) is 0 Å². The van der Waals surface area contributed by atoms with Crippen molar-refractivity contribution in [2.24, 2.45) is 34.5 Å². The van der Waals surface area contributed by atoms with Gasteiger partial charge in [-0.15, -0.1) is 0 Å². The van der Waals surface area contributed by atoms with Gasteiger partial charge in [0.25, 0.3) is 0 Å². The molecule has 4 fully saturated rings. The van der Waals surface area contributed by atoms with Crippen LogP contribution in [0.3, 0.4) is 0 Å². The molecule has 6 heteroatoms. The molecule has 0 bridgehead atoms. The van der Waals surface area contributed by atoms with Crippen LogP contribution in [0.15, 0.2) is 0 Å². The van der Waals surface area contributed by atoms with E-state index in [4.69, 9.17) is 13.3 Å². The molecule has 4 aliphatic carbocycles. The fourth-order valence-electron chi connectivity index (χ4n) is 8.92. The van der Waals surface area contributed by atoms with E-state index in [2.05, 4.69) is 72.8 Å². The van der Waals surface area contributed by atoms with Gasteiger partial charge in [-0.3, -0.25) is 0 Å². The Morgan fingerprint density at radius 1 is 0.588 bits per heavy atom. The minimum absolute atomic E-state index is 0.285. The standard InChI is InChI=1S/C28H56O3Si3/c1-27-16-14-21(29-32(3,4)5)18-20(27)12-13-22-23(27)15-17-28(2)24(22)19-25(30-33(6,7)8)26(28)31-34(9,10)11/h20-26H,12-19H2,1-11H3/t20-,21-,22?,23?,24?,25+,26+,27+,28+/m1/s1. The molecular formula is C28H56O3Si3. The molecule has 4 aliphatic rings. The molecule has 4 rings (SSSR count). The largest absolute Gasteiger partial charge is 0.415 e. The Balaban J connectivity index is 1.56. The summed E-state index contributed by atoms with van der Waals surface area (Å²) in [6.45, 7) is 26.5.